The molecule has 1 amide bonds. The van der Waals surface area contributed by atoms with Gasteiger partial charge in [0.25, 0.3) is 5.91 Å². The molecular weight excluding hydrogens is 306 g/mol. The maximum Gasteiger partial charge on any atom is 0.254 e. The van der Waals surface area contributed by atoms with E-state index in [9.17, 15) is 9.90 Å². The molecule has 1 aliphatic heterocycles. The van der Waals surface area contributed by atoms with Crippen LogP contribution in [0.5, 0.6) is 5.75 Å². The molecule has 4 rings (SSSR count). The third kappa shape index (κ3) is 2.83. The summed E-state index contributed by atoms with van der Waals surface area (Å²) in [5.41, 5.74) is 2.26. The molecule has 0 radical (unpaired) electrons. The van der Waals surface area contributed by atoms with Crippen molar-refractivity contribution in [1.29, 1.82) is 0 Å². The van der Waals surface area contributed by atoms with Gasteiger partial charge in [-0.05, 0) is 30.3 Å². The van der Waals surface area contributed by atoms with E-state index in [0.717, 1.165) is 11.3 Å². The summed E-state index contributed by atoms with van der Waals surface area (Å²) in [6.45, 7) is 1.12. The van der Waals surface area contributed by atoms with Crippen molar-refractivity contribution in [3.8, 4) is 5.75 Å². The van der Waals surface area contributed by atoms with E-state index in [1.807, 2.05) is 41.1 Å². The molecule has 6 nitrogen and oxygen atoms in total. The maximum atomic E-state index is 12.3. The smallest absolute Gasteiger partial charge is 0.254 e. The number of nitrogens with zero attached hydrogens (tertiary/aromatic N) is 3. The molecule has 0 bridgehead atoms. The van der Waals surface area contributed by atoms with Crippen molar-refractivity contribution in [3.63, 3.8) is 0 Å². The van der Waals surface area contributed by atoms with Crippen molar-refractivity contribution in [2.75, 3.05) is 13.1 Å². The van der Waals surface area contributed by atoms with Crippen LogP contribution in [-0.4, -0.2) is 44.5 Å². The molecule has 1 aliphatic rings. The highest BCUT2D eigenvalue weighted by Crippen LogP contribution is 2.19. The van der Waals surface area contributed by atoms with Gasteiger partial charge in [0.15, 0.2) is 0 Å². The van der Waals surface area contributed by atoms with Crippen molar-refractivity contribution in [1.82, 2.24) is 14.3 Å². The summed E-state index contributed by atoms with van der Waals surface area (Å²) < 4.78 is 7.71. The van der Waals surface area contributed by atoms with Crippen LogP contribution in [0.15, 0.2) is 54.9 Å². The second kappa shape index (κ2) is 5.98. The van der Waals surface area contributed by atoms with Crippen molar-refractivity contribution >= 4 is 11.6 Å². The highest BCUT2D eigenvalue weighted by molar-refractivity contribution is 5.95. The molecule has 0 unspecified atom stereocenters. The topological polar surface area (TPSA) is 67.1 Å². The highest BCUT2D eigenvalue weighted by atomic mass is 16.5. The third-order valence-corrected chi connectivity index (χ3v) is 4.03. The third-order valence-electron chi connectivity index (χ3n) is 4.03. The number of ether oxygens (including phenoxy) is 1. The van der Waals surface area contributed by atoms with E-state index in [1.54, 1.807) is 23.1 Å². The summed E-state index contributed by atoms with van der Waals surface area (Å²) in [5.74, 6) is 0.539. The van der Waals surface area contributed by atoms with Crippen LogP contribution in [0.3, 0.4) is 0 Å². The Bertz CT molecular complexity index is 851. The van der Waals surface area contributed by atoms with Gasteiger partial charge in [-0.1, -0.05) is 12.1 Å². The average Bonchev–Trinajstić information content (AvgIpc) is 3.00. The summed E-state index contributed by atoms with van der Waals surface area (Å²) in [6, 6.07) is 12.9. The van der Waals surface area contributed by atoms with E-state index in [-0.39, 0.29) is 5.91 Å². The molecule has 2 aromatic heterocycles. The predicted octanol–water partition coefficient (Wildman–Crippen LogP) is 1.73. The zero-order chi connectivity index (χ0) is 16.5. The average molecular weight is 323 g/mol. The number of hydrogen-bond donors (Lipinski definition) is 1. The van der Waals surface area contributed by atoms with E-state index in [0.29, 0.717) is 31.0 Å². The number of aliphatic hydroxyl groups is 1. The van der Waals surface area contributed by atoms with E-state index >= 15 is 0 Å². The van der Waals surface area contributed by atoms with Gasteiger partial charge in [0.05, 0.1) is 11.8 Å². The van der Waals surface area contributed by atoms with Crippen LogP contribution in [0.25, 0.3) is 5.65 Å². The van der Waals surface area contributed by atoms with Gasteiger partial charge in [0.2, 0.25) is 0 Å². The molecule has 1 aromatic carbocycles. The van der Waals surface area contributed by atoms with Crippen LogP contribution < -0.4 is 4.74 Å². The number of rotatable bonds is 4. The minimum absolute atomic E-state index is 0.0847. The number of pyridine rings is 1. The number of hydrogen-bond acceptors (Lipinski definition) is 4. The molecule has 0 atom stereocenters. The van der Waals surface area contributed by atoms with Crippen molar-refractivity contribution in [2.24, 2.45) is 0 Å². The van der Waals surface area contributed by atoms with Crippen molar-refractivity contribution in [2.45, 2.75) is 12.7 Å². The number of carbonyl (C=O) groups excluding carboxylic acids is 1. The molecule has 3 heterocycles. The largest absolute Gasteiger partial charge is 0.487 e. The minimum atomic E-state index is -0.400. The molecule has 0 spiro atoms. The van der Waals surface area contributed by atoms with Crippen LogP contribution in [0.1, 0.15) is 16.1 Å². The summed E-state index contributed by atoms with van der Waals surface area (Å²) >= 11 is 0. The Balaban J connectivity index is 1.44. The first-order valence-corrected chi connectivity index (χ1v) is 7.82. The summed E-state index contributed by atoms with van der Waals surface area (Å²) in [6.07, 6.45) is 3.46. The molecule has 1 N–H and O–H groups in total. The van der Waals surface area contributed by atoms with E-state index in [4.69, 9.17) is 4.74 Å². The lowest BCUT2D eigenvalue weighted by molar-refractivity contribution is 0.00587. The van der Waals surface area contributed by atoms with Crippen LogP contribution in [0.4, 0.5) is 0 Å². The molecule has 0 saturated carbocycles. The summed E-state index contributed by atoms with van der Waals surface area (Å²) in [5, 5.41) is 9.31. The predicted molar refractivity (Wildman–Crippen MR) is 87.9 cm³/mol. The zero-order valence-electron chi connectivity index (χ0n) is 13.0. The Morgan fingerprint density at radius 3 is 2.92 bits per heavy atom. The Labute approximate surface area is 138 Å². The molecule has 122 valence electrons. The second-order valence-corrected chi connectivity index (χ2v) is 5.88. The van der Waals surface area contributed by atoms with Gasteiger partial charge in [0, 0.05) is 31.0 Å². The molecule has 6 heteroatoms. The zero-order valence-corrected chi connectivity index (χ0v) is 13.0. The normalized spacial score (nSPS) is 14.6. The van der Waals surface area contributed by atoms with Crippen LogP contribution in [-0.2, 0) is 6.61 Å². The van der Waals surface area contributed by atoms with Gasteiger partial charge in [-0.15, -0.1) is 0 Å². The van der Waals surface area contributed by atoms with Crippen molar-refractivity contribution < 1.29 is 14.6 Å². The van der Waals surface area contributed by atoms with Gasteiger partial charge in [-0.2, -0.15) is 0 Å². The molecule has 0 aliphatic carbocycles. The van der Waals surface area contributed by atoms with E-state index < -0.39 is 6.10 Å². The van der Waals surface area contributed by atoms with E-state index in [2.05, 4.69) is 4.98 Å². The highest BCUT2D eigenvalue weighted by Gasteiger charge is 2.29. The van der Waals surface area contributed by atoms with Crippen LogP contribution in [0, 0.1) is 0 Å². The first-order chi connectivity index (χ1) is 11.7. The molecule has 24 heavy (non-hydrogen) atoms. The van der Waals surface area contributed by atoms with E-state index in [1.165, 1.54) is 0 Å². The summed E-state index contributed by atoms with van der Waals surface area (Å²) in [4.78, 5) is 18.4. The minimum Gasteiger partial charge on any atom is -0.487 e. The number of aromatic nitrogens is 2. The molecular formula is C18H17N3O3. The Morgan fingerprint density at radius 2 is 2.12 bits per heavy atom. The van der Waals surface area contributed by atoms with Crippen LogP contribution in [0.2, 0.25) is 0 Å². The number of fused-ring (bicyclic) bond motifs is 1. The van der Waals surface area contributed by atoms with Gasteiger partial charge in [-0.25, -0.2) is 4.98 Å². The van der Waals surface area contributed by atoms with Crippen LogP contribution >= 0.6 is 0 Å². The summed E-state index contributed by atoms with van der Waals surface area (Å²) in [7, 11) is 0. The number of carbonyl (C=O) groups is 1. The Hall–Kier alpha value is -2.86. The monoisotopic (exact) mass is 323 g/mol. The van der Waals surface area contributed by atoms with Gasteiger partial charge < -0.3 is 19.1 Å². The molecule has 1 saturated heterocycles. The number of β-amino-alcohol motifs (C(OH)–C–C–N with tert-alkyl or cyclic N) is 1. The number of amides is 1. The number of benzene rings is 1. The lowest BCUT2D eigenvalue weighted by Crippen LogP contribution is -2.53. The number of aliphatic hydroxyl groups excluding tert-OH is 1. The lowest BCUT2D eigenvalue weighted by Gasteiger charge is -2.35. The molecule has 3 aromatic rings. The first kappa shape index (κ1) is 14.7. The van der Waals surface area contributed by atoms with Gasteiger partial charge >= 0.3 is 0 Å². The SMILES string of the molecule is O=C(c1cccc(OCc2cn3ccccc3n2)c1)N1CC(O)C1. The van der Waals surface area contributed by atoms with Crippen molar-refractivity contribution in [3.05, 3.63) is 66.1 Å². The standard InChI is InChI=1S/C18H17N3O3/c22-15-10-21(11-15)18(23)13-4-3-5-16(8-13)24-12-14-9-20-7-2-1-6-17(20)19-14/h1-9,15,22H,10-12H2. The molecule has 1 fully saturated rings. The second-order valence-electron chi connectivity index (χ2n) is 5.88. The number of imidazole rings is 1. The Kier molecular flexibility index (Phi) is 3.66. The first-order valence-electron chi connectivity index (χ1n) is 7.82. The quantitative estimate of drug-likeness (QED) is 0.794. The fraction of sp³-hybridized carbons (Fsp3) is 0.222. The van der Waals surface area contributed by atoms with Gasteiger partial charge in [0.1, 0.15) is 18.0 Å². The fourth-order valence-corrected chi connectivity index (χ4v) is 2.74. The maximum absolute atomic E-state index is 12.3. The lowest BCUT2D eigenvalue weighted by atomic mass is 10.1. The fourth-order valence-electron chi connectivity index (χ4n) is 2.74. The van der Waals surface area contributed by atoms with Gasteiger partial charge in [-0.3, -0.25) is 4.79 Å². The number of likely N-dealkylation sites (tertiary alicyclic amines) is 1. The Morgan fingerprint density at radius 1 is 1.25 bits per heavy atom.